The van der Waals surface area contributed by atoms with Crippen molar-refractivity contribution in [2.24, 2.45) is 4.99 Å². The van der Waals surface area contributed by atoms with Crippen molar-refractivity contribution < 1.29 is 15.0 Å². The molecule has 0 aliphatic rings. The number of aromatic hydroxyl groups is 1. The standard InChI is InChI=1S/C10H12N2O3S/c1-11-10(16-2)12-7-3-6(9(14)15)4-8(13)5-7/h3-5,13H,1-2H3,(H,11,12)(H,14,15). The van der Waals surface area contributed by atoms with E-state index in [4.69, 9.17) is 5.11 Å². The van der Waals surface area contributed by atoms with Crippen LogP contribution < -0.4 is 5.32 Å². The van der Waals surface area contributed by atoms with Crippen molar-refractivity contribution >= 4 is 28.6 Å². The SMILES string of the molecule is CN/C(=N/c1cc(O)cc(C(=O)O)c1)SC. The van der Waals surface area contributed by atoms with Crippen LogP contribution in [0, 0.1) is 0 Å². The molecule has 0 aromatic heterocycles. The molecule has 0 saturated carbocycles. The molecule has 86 valence electrons. The van der Waals surface area contributed by atoms with Gasteiger partial charge in [0, 0.05) is 13.1 Å². The lowest BCUT2D eigenvalue weighted by molar-refractivity contribution is 0.0696. The van der Waals surface area contributed by atoms with Crippen molar-refractivity contribution in [3.8, 4) is 5.75 Å². The Morgan fingerprint density at radius 2 is 2.12 bits per heavy atom. The topological polar surface area (TPSA) is 81.9 Å². The van der Waals surface area contributed by atoms with Gasteiger partial charge >= 0.3 is 5.97 Å². The van der Waals surface area contributed by atoms with E-state index >= 15 is 0 Å². The maximum atomic E-state index is 10.7. The van der Waals surface area contributed by atoms with Crippen LogP contribution in [0.1, 0.15) is 10.4 Å². The lowest BCUT2D eigenvalue weighted by Gasteiger charge is -2.03. The minimum absolute atomic E-state index is 0.00954. The summed E-state index contributed by atoms with van der Waals surface area (Å²) in [5.41, 5.74) is 0.409. The number of thioether (sulfide) groups is 1. The molecule has 1 aromatic rings. The summed E-state index contributed by atoms with van der Waals surface area (Å²) < 4.78 is 0. The molecule has 0 bridgehead atoms. The minimum Gasteiger partial charge on any atom is -0.508 e. The average molecular weight is 240 g/mol. The van der Waals surface area contributed by atoms with Crippen molar-refractivity contribution in [3.05, 3.63) is 23.8 Å². The smallest absolute Gasteiger partial charge is 0.335 e. The molecule has 1 rings (SSSR count). The number of amidine groups is 1. The number of phenols is 1. The van der Waals surface area contributed by atoms with E-state index in [9.17, 15) is 9.90 Å². The molecule has 0 radical (unpaired) electrons. The first-order chi connectivity index (χ1) is 7.56. The fraction of sp³-hybridized carbons (Fsp3) is 0.200. The number of rotatable bonds is 2. The number of phenolic OH excluding ortho intramolecular Hbond substituents is 1. The molecule has 5 nitrogen and oxygen atoms in total. The summed E-state index contributed by atoms with van der Waals surface area (Å²) in [5, 5.41) is 21.6. The predicted octanol–water partition coefficient (Wildman–Crippen LogP) is 1.66. The van der Waals surface area contributed by atoms with Gasteiger partial charge in [0.05, 0.1) is 11.3 Å². The Morgan fingerprint density at radius 3 is 2.62 bits per heavy atom. The van der Waals surface area contributed by atoms with Crippen molar-refractivity contribution in [2.75, 3.05) is 13.3 Å². The number of hydrogen-bond acceptors (Lipinski definition) is 4. The van der Waals surface area contributed by atoms with E-state index in [1.165, 1.54) is 30.0 Å². The van der Waals surface area contributed by atoms with Gasteiger partial charge in [-0.3, -0.25) is 0 Å². The fourth-order valence-corrected chi connectivity index (χ4v) is 1.50. The number of nitrogens with zero attached hydrogens (tertiary/aromatic N) is 1. The van der Waals surface area contributed by atoms with Crippen LogP contribution in [-0.2, 0) is 0 Å². The third kappa shape index (κ3) is 3.16. The first kappa shape index (κ1) is 12.4. The van der Waals surface area contributed by atoms with E-state index in [1.54, 1.807) is 7.05 Å². The van der Waals surface area contributed by atoms with Crippen LogP contribution in [0.15, 0.2) is 23.2 Å². The van der Waals surface area contributed by atoms with Crippen LogP contribution in [0.3, 0.4) is 0 Å². The van der Waals surface area contributed by atoms with Gasteiger partial charge in [-0.15, -0.1) is 0 Å². The van der Waals surface area contributed by atoms with Crippen LogP contribution in [0.4, 0.5) is 5.69 Å². The monoisotopic (exact) mass is 240 g/mol. The molecule has 0 aliphatic heterocycles. The van der Waals surface area contributed by atoms with Gasteiger partial charge < -0.3 is 15.5 Å². The van der Waals surface area contributed by atoms with Crippen LogP contribution in [0.5, 0.6) is 5.75 Å². The predicted molar refractivity (Wildman–Crippen MR) is 64.7 cm³/mol. The Labute approximate surface area is 97.2 Å². The number of carboxylic acids is 1. The fourth-order valence-electron chi connectivity index (χ4n) is 1.10. The highest BCUT2D eigenvalue weighted by Gasteiger charge is 2.06. The number of nitrogens with one attached hydrogen (secondary N) is 1. The minimum atomic E-state index is -1.09. The molecular weight excluding hydrogens is 228 g/mol. The summed E-state index contributed by atoms with van der Waals surface area (Å²) in [6.07, 6.45) is 1.84. The van der Waals surface area contributed by atoms with Crippen molar-refractivity contribution in [2.45, 2.75) is 0 Å². The lowest BCUT2D eigenvalue weighted by atomic mass is 10.2. The number of aromatic carboxylic acids is 1. The van der Waals surface area contributed by atoms with Crippen LogP contribution in [0.25, 0.3) is 0 Å². The molecule has 0 amide bonds. The molecule has 0 unspecified atom stereocenters. The Bertz CT molecular complexity index is 426. The number of benzene rings is 1. The first-order valence-electron chi connectivity index (χ1n) is 4.44. The molecule has 0 aliphatic carbocycles. The van der Waals surface area contributed by atoms with Gasteiger partial charge in [-0.2, -0.15) is 0 Å². The van der Waals surface area contributed by atoms with E-state index in [0.717, 1.165) is 0 Å². The average Bonchev–Trinajstić information content (AvgIpc) is 2.25. The Balaban J connectivity index is 3.14. The van der Waals surface area contributed by atoms with Gasteiger partial charge in [0.1, 0.15) is 5.75 Å². The molecule has 0 atom stereocenters. The van der Waals surface area contributed by atoms with E-state index in [-0.39, 0.29) is 11.3 Å². The van der Waals surface area contributed by atoms with E-state index < -0.39 is 5.97 Å². The largest absolute Gasteiger partial charge is 0.508 e. The van der Waals surface area contributed by atoms with Crippen LogP contribution in [0.2, 0.25) is 0 Å². The van der Waals surface area contributed by atoms with Gasteiger partial charge in [0.25, 0.3) is 0 Å². The van der Waals surface area contributed by atoms with E-state index in [2.05, 4.69) is 10.3 Å². The van der Waals surface area contributed by atoms with Crippen molar-refractivity contribution in [3.63, 3.8) is 0 Å². The number of carbonyl (C=O) groups is 1. The molecule has 3 N–H and O–H groups in total. The van der Waals surface area contributed by atoms with E-state index in [1.807, 2.05) is 6.26 Å². The number of carboxylic acid groups (broad SMARTS) is 1. The second-order valence-electron chi connectivity index (χ2n) is 2.91. The third-order valence-electron chi connectivity index (χ3n) is 1.79. The zero-order valence-electron chi connectivity index (χ0n) is 8.89. The second kappa shape index (κ2) is 5.41. The van der Waals surface area contributed by atoms with Crippen molar-refractivity contribution in [1.29, 1.82) is 0 Å². The van der Waals surface area contributed by atoms with Crippen LogP contribution in [-0.4, -0.2) is 34.7 Å². The van der Waals surface area contributed by atoms with Gasteiger partial charge in [-0.05, 0) is 18.4 Å². The summed E-state index contributed by atoms with van der Waals surface area (Å²) in [6.45, 7) is 0. The molecular formula is C10H12N2O3S. The summed E-state index contributed by atoms with van der Waals surface area (Å²) in [7, 11) is 1.72. The lowest BCUT2D eigenvalue weighted by Crippen LogP contribution is -2.12. The highest BCUT2D eigenvalue weighted by atomic mass is 32.2. The first-order valence-corrected chi connectivity index (χ1v) is 5.67. The Kier molecular flexibility index (Phi) is 4.19. The molecule has 16 heavy (non-hydrogen) atoms. The number of hydrogen-bond donors (Lipinski definition) is 3. The highest BCUT2D eigenvalue weighted by molar-refractivity contribution is 8.13. The summed E-state index contributed by atoms with van der Waals surface area (Å²) in [5.74, 6) is -1.21. The van der Waals surface area contributed by atoms with Crippen LogP contribution >= 0.6 is 11.8 Å². The molecule has 0 fully saturated rings. The van der Waals surface area contributed by atoms with Gasteiger partial charge in [0.15, 0.2) is 5.17 Å². The van der Waals surface area contributed by atoms with Gasteiger partial charge in [-0.1, -0.05) is 11.8 Å². The third-order valence-corrected chi connectivity index (χ3v) is 2.47. The van der Waals surface area contributed by atoms with Gasteiger partial charge in [0.2, 0.25) is 0 Å². The molecule has 0 heterocycles. The van der Waals surface area contributed by atoms with Gasteiger partial charge in [-0.25, -0.2) is 9.79 Å². The molecule has 1 aromatic carbocycles. The Morgan fingerprint density at radius 1 is 1.44 bits per heavy atom. The second-order valence-corrected chi connectivity index (χ2v) is 3.71. The molecule has 0 saturated heterocycles. The summed E-state index contributed by atoms with van der Waals surface area (Å²) in [6, 6.07) is 3.98. The highest BCUT2D eigenvalue weighted by Crippen LogP contribution is 2.23. The molecule has 0 spiro atoms. The maximum absolute atomic E-state index is 10.7. The molecule has 6 heteroatoms. The zero-order valence-corrected chi connectivity index (χ0v) is 9.71. The summed E-state index contributed by atoms with van der Waals surface area (Å²) in [4.78, 5) is 14.9. The Hall–Kier alpha value is -1.69. The van der Waals surface area contributed by atoms with E-state index in [0.29, 0.717) is 10.9 Å². The van der Waals surface area contributed by atoms with Crippen molar-refractivity contribution in [1.82, 2.24) is 5.32 Å². The number of aliphatic imine (C=N–C) groups is 1. The maximum Gasteiger partial charge on any atom is 0.335 e. The normalized spacial score (nSPS) is 11.2. The zero-order chi connectivity index (χ0) is 12.1. The summed E-state index contributed by atoms with van der Waals surface area (Å²) >= 11 is 1.39. The quantitative estimate of drug-likeness (QED) is 0.541.